The van der Waals surface area contributed by atoms with Crippen LogP contribution >= 0.6 is 26.7 Å². The normalized spacial score (nSPS) is 15.3. The lowest BCUT2D eigenvalue weighted by Gasteiger charge is -2.34. The average molecular weight is 527 g/mol. The van der Waals surface area contributed by atoms with Crippen molar-refractivity contribution < 1.29 is 14.2 Å². The molecule has 5 N–H and O–H groups in total. The van der Waals surface area contributed by atoms with E-state index < -0.39 is 16.3 Å². The number of hydrogen-bond acceptors (Lipinski definition) is 7. The van der Waals surface area contributed by atoms with Gasteiger partial charge in [0.25, 0.3) is 5.56 Å². The zero-order valence-electron chi connectivity index (χ0n) is 17.1. The monoisotopic (exact) mass is 526 g/mol. The largest absolute Gasteiger partial charge is 0.506 e. The molecule has 2 heterocycles. The summed E-state index contributed by atoms with van der Waals surface area (Å²) in [4.78, 5) is 13.8. The Kier molecular flexibility index (Phi) is 5.37. The quantitative estimate of drug-likeness (QED) is 0.252. The third kappa shape index (κ3) is 3.76. The van der Waals surface area contributed by atoms with Gasteiger partial charge in [0, 0.05) is 9.86 Å². The van der Waals surface area contributed by atoms with Crippen LogP contribution in [0.2, 0.25) is 0 Å². The number of benzene rings is 3. The Morgan fingerprint density at radius 1 is 1.00 bits per heavy atom. The van der Waals surface area contributed by atoms with E-state index in [-0.39, 0.29) is 22.0 Å². The summed E-state index contributed by atoms with van der Waals surface area (Å²) in [5.74, 6) is -0.409. The highest BCUT2D eigenvalue weighted by Gasteiger charge is 2.30. The molecular formula is C23H19BrN4O4S. The van der Waals surface area contributed by atoms with Gasteiger partial charge in [-0.15, -0.1) is 4.40 Å². The van der Waals surface area contributed by atoms with Crippen molar-refractivity contribution in [3.63, 3.8) is 0 Å². The van der Waals surface area contributed by atoms with Crippen LogP contribution in [0.1, 0.15) is 11.1 Å². The van der Waals surface area contributed by atoms with E-state index in [1.165, 1.54) is 4.68 Å². The van der Waals surface area contributed by atoms with Gasteiger partial charge in [0.1, 0.15) is 16.2 Å². The van der Waals surface area contributed by atoms with Gasteiger partial charge < -0.3 is 15.8 Å². The van der Waals surface area contributed by atoms with Crippen molar-refractivity contribution in [2.75, 3.05) is 10.7 Å². The minimum Gasteiger partial charge on any atom is -0.506 e. The summed E-state index contributed by atoms with van der Waals surface area (Å²) in [7, 11) is -3.56. The first-order valence-corrected chi connectivity index (χ1v) is 12.2. The molecule has 0 unspecified atom stereocenters. The van der Waals surface area contributed by atoms with Gasteiger partial charge in [0.15, 0.2) is 5.84 Å². The Bertz CT molecular complexity index is 1490. The Morgan fingerprint density at radius 3 is 2.52 bits per heavy atom. The molecule has 0 radical (unpaired) electrons. The van der Waals surface area contributed by atoms with Crippen LogP contribution in [0.15, 0.2) is 91.4 Å². The van der Waals surface area contributed by atoms with Crippen LogP contribution < -0.4 is 16.3 Å². The summed E-state index contributed by atoms with van der Waals surface area (Å²) in [6.45, 7) is 0.327. The molecule has 0 atom stereocenters. The maximum Gasteiger partial charge on any atom is 0.284 e. The molecular weight excluding hydrogens is 508 g/mol. The van der Waals surface area contributed by atoms with Gasteiger partial charge >= 0.3 is 0 Å². The number of pyridine rings is 1. The summed E-state index contributed by atoms with van der Waals surface area (Å²) >= 11 is 3.51. The number of halogens is 1. The molecule has 0 bridgehead atoms. The van der Waals surface area contributed by atoms with Gasteiger partial charge in [-0.25, -0.2) is 4.68 Å². The number of nitrogens with one attached hydrogen (secondary N) is 2. The lowest BCUT2D eigenvalue weighted by atomic mass is 10.1. The van der Waals surface area contributed by atoms with Crippen molar-refractivity contribution >= 4 is 49.1 Å². The highest BCUT2D eigenvalue weighted by molar-refractivity contribution is 9.10. The Morgan fingerprint density at radius 2 is 1.70 bits per heavy atom. The number of hydrogen-bond donors (Lipinski definition) is 5. The average Bonchev–Trinajstić information content (AvgIpc) is 2.80. The summed E-state index contributed by atoms with van der Waals surface area (Å²) in [5.41, 5.74) is 4.18. The number of fused-ring (bicyclic) bond motifs is 2. The van der Waals surface area contributed by atoms with Crippen LogP contribution in [0.4, 0.5) is 5.69 Å². The zero-order valence-corrected chi connectivity index (χ0v) is 19.5. The number of anilines is 1. The number of aromatic nitrogens is 1. The van der Waals surface area contributed by atoms with E-state index in [1.54, 1.807) is 48.5 Å². The first-order chi connectivity index (χ1) is 15.9. The van der Waals surface area contributed by atoms with Crippen LogP contribution in [-0.4, -0.2) is 24.7 Å². The number of amidine groups is 1. The maximum atomic E-state index is 13.6. The molecule has 3 aromatic carbocycles. The molecule has 4 aromatic rings. The molecule has 1 aliphatic rings. The van der Waals surface area contributed by atoms with E-state index in [0.717, 1.165) is 10.0 Å². The van der Waals surface area contributed by atoms with Crippen LogP contribution in [-0.2, 0) is 6.54 Å². The molecule has 168 valence electrons. The molecule has 10 heteroatoms. The van der Waals surface area contributed by atoms with Crippen LogP contribution in [0.3, 0.4) is 0 Å². The third-order valence-electron chi connectivity index (χ3n) is 5.33. The summed E-state index contributed by atoms with van der Waals surface area (Å²) < 4.78 is 27.5. The Labute approximate surface area is 198 Å². The van der Waals surface area contributed by atoms with E-state index in [9.17, 15) is 19.0 Å². The first kappa shape index (κ1) is 21.5. The molecule has 0 amide bonds. The maximum absolute atomic E-state index is 13.6. The number of para-hydroxylation sites is 2. The van der Waals surface area contributed by atoms with Crippen LogP contribution in [0, 0.1) is 0 Å². The second-order valence-corrected chi connectivity index (χ2v) is 9.90. The van der Waals surface area contributed by atoms with E-state index in [2.05, 4.69) is 31.1 Å². The fourth-order valence-electron chi connectivity index (χ4n) is 3.75. The summed E-state index contributed by atoms with van der Waals surface area (Å²) in [6, 6.07) is 21.1. The summed E-state index contributed by atoms with van der Waals surface area (Å²) in [5, 5.41) is 14.4. The van der Waals surface area contributed by atoms with Gasteiger partial charge in [0.05, 0.1) is 17.7 Å². The molecule has 5 rings (SSSR count). The molecule has 0 saturated heterocycles. The number of nitrogens with zero attached hydrogens (tertiary/aromatic N) is 2. The molecule has 0 fully saturated rings. The van der Waals surface area contributed by atoms with E-state index in [4.69, 9.17) is 0 Å². The second-order valence-electron chi connectivity index (χ2n) is 7.39. The predicted molar refractivity (Wildman–Crippen MR) is 135 cm³/mol. The number of aromatic hydroxyl groups is 1. The first-order valence-electron chi connectivity index (χ1n) is 9.95. The molecule has 0 saturated carbocycles. The third-order valence-corrected chi connectivity index (χ3v) is 7.49. The number of rotatable bonds is 4. The van der Waals surface area contributed by atoms with E-state index >= 15 is 0 Å². The fourth-order valence-corrected chi connectivity index (χ4v) is 5.34. The highest BCUT2D eigenvalue weighted by Crippen LogP contribution is 2.55. The predicted octanol–water partition coefficient (Wildman–Crippen LogP) is 5.11. The van der Waals surface area contributed by atoms with Gasteiger partial charge in [-0.3, -0.25) is 13.9 Å². The second kappa shape index (κ2) is 8.23. The van der Waals surface area contributed by atoms with Gasteiger partial charge in [0.2, 0.25) is 0 Å². The fraction of sp³-hybridized carbons (Fsp3) is 0.0435. The van der Waals surface area contributed by atoms with Crippen molar-refractivity contribution in [1.82, 2.24) is 4.68 Å². The standard InChI is InChI=1S/C23H19BrN4O4S/c24-16-9-3-1-7-14(16)13-25-28-18-11-5-2-8-15(18)21(29)20(23(28)30)22-26-17-10-4-6-12-19(17)33(31,32)27-22/h1-12,25,29,31-32H,13H2,(H,26,27). The summed E-state index contributed by atoms with van der Waals surface area (Å²) in [6.07, 6.45) is 0. The van der Waals surface area contributed by atoms with E-state index in [1.807, 2.05) is 24.3 Å². The molecule has 0 spiro atoms. The SMILES string of the molecule is O=c1c(C2=NS(O)(O)c3ccccc3N2)c(O)c2ccccc2n1NCc1ccccc1Br. The Balaban J connectivity index is 1.67. The molecule has 1 aromatic heterocycles. The van der Waals surface area contributed by atoms with Crippen molar-refractivity contribution in [3.8, 4) is 5.75 Å². The van der Waals surface area contributed by atoms with Gasteiger partial charge in [-0.05, 0) is 35.9 Å². The lowest BCUT2D eigenvalue weighted by Crippen LogP contribution is -2.36. The van der Waals surface area contributed by atoms with Crippen LogP contribution in [0.5, 0.6) is 5.75 Å². The van der Waals surface area contributed by atoms with Crippen LogP contribution in [0.25, 0.3) is 10.9 Å². The lowest BCUT2D eigenvalue weighted by molar-refractivity contribution is 0.478. The molecule has 0 aliphatic carbocycles. The van der Waals surface area contributed by atoms with Gasteiger partial charge in [-0.2, -0.15) is 0 Å². The molecule has 1 aliphatic heterocycles. The minimum absolute atomic E-state index is 0.113. The smallest absolute Gasteiger partial charge is 0.284 e. The highest BCUT2D eigenvalue weighted by atomic mass is 79.9. The van der Waals surface area contributed by atoms with Crippen molar-refractivity contribution in [3.05, 3.63) is 98.7 Å². The van der Waals surface area contributed by atoms with Crippen molar-refractivity contribution in [2.24, 2.45) is 4.40 Å². The molecule has 33 heavy (non-hydrogen) atoms. The van der Waals surface area contributed by atoms with Gasteiger partial charge in [-0.1, -0.05) is 69.2 Å². The Hall–Kier alpha value is -3.31. The zero-order chi connectivity index (χ0) is 23.2. The topological polar surface area (TPSA) is 119 Å². The van der Waals surface area contributed by atoms with Crippen molar-refractivity contribution in [1.29, 1.82) is 0 Å². The minimum atomic E-state index is -3.56. The molecule has 8 nitrogen and oxygen atoms in total. The van der Waals surface area contributed by atoms with Crippen molar-refractivity contribution in [2.45, 2.75) is 11.4 Å². The van der Waals surface area contributed by atoms with E-state index in [0.29, 0.717) is 23.1 Å².